The topological polar surface area (TPSA) is 38.7 Å². The molecule has 1 aromatic rings. The Bertz CT molecular complexity index is 427. The molecule has 19 heavy (non-hydrogen) atoms. The Hall–Kier alpha value is -0.835. The molecule has 0 aliphatic carbocycles. The van der Waals surface area contributed by atoms with Gasteiger partial charge in [-0.1, -0.05) is 24.3 Å². The van der Waals surface area contributed by atoms with E-state index in [1.807, 2.05) is 12.1 Å². The van der Waals surface area contributed by atoms with Gasteiger partial charge in [-0.3, -0.25) is 0 Å². The number of aliphatic hydroxyl groups excluding tert-OH is 1. The molecule has 0 spiro atoms. The van der Waals surface area contributed by atoms with Gasteiger partial charge in [0.1, 0.15) is 0 Å². The van der Waals surface area contributed by atoms with Crippen LogP contribution in [0.1, 0.15) is 39.7 Å². The number of hydrogen-bond donors (Lipinski definition) is 1. The molecule has 2 rings (SSSR count). The molecule has 0 amide bonds. The lowest BCUT2D eigenvalue weighted by molar-refractivity contribution is 0.00578. The van der Waals surface area contributed by atoms with Gasteiger partial charge in [-0.2, -0.15) is 0 Å². The second-order valence-electron chi connectivity index (χ2n) is 6.11. The van der Waals surface area contributed by atoms with Crippen molar-refractivity contribution < 1.29 is 14.4 Å². The van der Waals surface area contributed by atoms with E-state index in [9.17, 15) is 0 Å². The zero-order chi connectivity index (χ0) is 14.1. The predicted molar refractivity (Wildman–Crippen MR) is 77.6 cm³/mol. The molecule has 1 N–H and O–H groups in total. The van der Waals surface area contributed by atoms with Gasteiger partial charge in [-0.25, -0.2) is 0 Å². The summed E-state index contributed by atoms with van der Waals surface area (Å²) in [6, 6.07) is 8.15. The Morgan fingerprint density at radius 1 is 1.05 bits per heavy atom. The molecule has 3 nitrogen and oxygen atoms in total. The molecule has 4 heteroatoms. The predicted octanol–water partition coefficient (Wildman–Crippen LogP) is 1.91. The van der Waals surface area contributed by atoms with Gasteiger partial charge in [0.05, 0.1) is 11.2 Å². The van der Waals surface area contributed by atoms with Crippen molar-refractivity contribution in [1.82, 2.24) is 0 Å². The second kappa shape index (κ2) is 5.27. The standard InChI is InChI=1S/C15H23BO3/c1-14(2)15(3,4)19-16(18-14)13-10-6-5-8-12(13)9-7-11-17/h5-6,8,10,17H,7,9,11H2,1-4H3. The quantitative estimate of drug-likeness (QED) is 0.842. The lowest BCUT2D eigenvalue weighted by atomic mass is 9.75. The molecule has 0 atom stereocenters. The first-order chi connectivity index (χ1) is 8.87. The maximum atomic E-state index is 8.99. The molecule has 1 fully saturated rings. The number of aryl methyl sites for hydroxylation is 1. The van der Waals surface area contributed by atoms with Crippen molar-refractivity contribution in [2.45, 2.75) is 51.7 Å². The smallest absolute Gasteiger partial charge is 0.399 e. The monoisotopic (exact) mass is 262 g/mol. The first-order valence-electron chi connectivity index (χ1n) is 6.92. The molecule has 0 saturated carbocycles. The van der Waals surface area contributed by atoms with Gasteiger partial charge < -0.3 is 14.4 Å². The van der Waals surface area contributed by atoms with Crippen molar-refractivity contribution in [2.24, 2.45) is 0 Å². The van der Waals surface area contributed by atoms with Crippen LogP contribution >= 0.6 is 0 Å². The minimum atomic E-state index is -0.320. The van der Waals surface area contributed by atoms with Gasteiger partial charge in [0.15, 0.2) is 0 Å². The molecule has 0 unspecified atom stereocenters. The van der Waals surface area contributed by atoms with E-state index in [-0.39, 0.29) is 24.9 Å². The number of hydrogen-bond acceptors (Lipinski definition) is 3. The molecular weight excluding hydrogens is 239 g/mol. The van der Waals surface area contributed by atoms with Crippen molar-refractivity contribution in [3.63, 3.8) is 0 Å². The summed E-state index contributed by atoms with van der Waals surface area (Å²) in [7, 11) is -0.320. The summed E-state index contributed by atoms with van der Waals surface area (Å²) in [4.78, 5) is 0. The van der Waals surface area contributed by atoms with E-state index in [0.717, 1.165) is 18.3 Å². The summed E-state index contributed by atoms with van der Waals surface area (Å²) >= 11 is 0. The van der Waals surface area contributed by atoms with Crippen molar-refractivity contribution in [3.05, 3.63) is 29.8 Å². The van der Waals surface area contributed by atoms with Crippen LogP contribution in [0.3, 0.4) is 0 Å². The van der Waals surface area contributed by atoms with Crippen molar-refractivity contribution in [2.75, 3.05) is 6.61 Å². The fraction of sp³-hybridized carbons (Fsp3) is 0.600. The molecule has 0 aromatic heterocycles. The molecule has 1 saturated heterocycles. The Kier molecular flexibility index (Phi) is 4.04. The maximum absolute atomic E-state index is 8.99. The molecule has 0 bridgehead atoms. The van der Waals surface area contributed by atoms with Crippen LogP contribution in [-0.4, -0.2) is 30.0 Å². The van der Waals surface area contributed by atoms with Gasteiger partial charge in [-0.05, 0) is 51.6 Å². The van der Waals surface area contributed by atoms with Crippen LogP contribution in [0.15, 0.2) is 24.3 Å². The minimum Gasteiger partial charge on any atom is -0.399 e. The van der Waals surface area contributed by atoms with E-state index >= 15 is 0 Å². The highest BCUT2D eigenvalue weighted by Crippen LogP contribution is 2.36. The van der Waals surface area contributed by atoms with E-state index in [1.165, 1.54) is 5.56 Å². The Morgan fingerprint density at radius 2 is 1.63 bits per heavy atom. The molecule has 104 valence electrons. The fourth-order valence-corrected chi connectivity index (χ4v) is 2.23. The first-order valence-corrected chi connectivity index (χ1v) is 6.92. The van der Waals surface area contributed by atoms with E-state index in [4.69, 9.17) is 14.4 Å². The van der Waals surface area contributed by atoms with Gasteiger partial charge in [0.25, 0.3) is 0 Å². The number of aliphatic hydroxyl groups is 1. The molecule has 1 aliphatic heterocycles. The largest absolute Gasteiger partial charge is 0.495 e. The lowest BCUT2D eigenvalue weighted by Gasteiger charge is -2.32. The molecule has 1 heterocycles. The average Bonchev–Trinajstić information content (AvgIpc) is 2.56. The maximum Gasteiger partial charge on any atom is 0.495 e. The molecule has 1 aliphatic rings. The minimum absolute atomic E-state index is 0.206. The third-order valence-corrected chi connectivity index (χ3v) is 4.17. The van der Waals surface area contributed by atoms with Gasteiger partial charge >= 0.3 is 7.12 Å². The van der Waals surface area contributed by atoms with Crippen LogP contribution in [0.4, 0.5) is 0 Å². The summed E-state index contributed by atoms with van der Waals surface area (Å²) in [5, 5.41) is 8.99. The molecule has 0 radical (unpaired) electrons. The van der Waals surface area contributed by atoms with Gasteiger partial charge in [-0.15, -0.1) is 0 Å². The van der Waals surface area contributed by atoms with Crippen LogP contribution in [0.25, 0.3) is 0 Å². The van der Waals surface area contributed by atoms with Crippen molar-refractivity contribution in [3.8, 4) is 0 Å². The van der Waals surface area contributed by atoms with E-state index in [2.05, 4.69) is 39.8 Å². The summed E-state index contributed by atoms with van der Waals surface area (Å²) in [5.74, 6) is 0. The summed E-state index contributed by atoms with van der Waals surface area (Å²) in [6.45, 7) is 8.44. The highest BCUT2D eigenvalue weighted by Gasteiger charge is 2.52. The highest BCUT2D eigenvalue weighted by molar-refractivity contribution is 6.62. The van der Waals surface area contributed by atoms with Crippen LogP contribution in [0, 0.1) is 0 Å². The van der Waals surface area contributed by atoms with Crippen LogP contribution in [0.5, 0.6) is 0 Å². The van der Waals surface area contributed by atoms with Crippen LogP contribution in [0.2, 0.25) is 0 Å². The Labute approximate surface area is 116 Å². The van der Waals surface area contributed by atoms with Crippen molar-refractivity contribution >= 4 is 12.6 Å². The van der Waals surface area contributed by atoms with E-state index in [0.29, 0.717) is 0 Å². The molecular formula is C15H23BO3. The summed E-state index contributed by atoms with van der Waals surface area (Å²) in [6.07, 6.45) is 1.60. The highest BCUT2D eigenvalue weighted by atomic mass is 16.7. The normalized spacial score (nSPS) is 20.8. The van der Waals surface area contributed by atoms with Crippen LogP contribution < -0.4 is 5.46 Å². The average molecular weight is 262 g/mol. The summed E-state index contributed by atoms with van der Waals surface area (Å²) in [5.41, 5.74) is 1.63. The Balaban J connectivity index is 2.24. The third-order valence-electron chi connectivity index (χ3n) is 4.17. The zero-order valence-corrected chi connectivity index (χ0v) is 12.3. The van der Waals surface area contributed by atoms with Crippen molar-refractivity contribution in [1.29, 1.82) is 0 Å². The number of rotatable bonds is 4. The van der Waals surface area contributed by atoms with E-state index in [1.54, 1.807) is 0 Å². The molecule has 1 aromatic carbocycles. The third kappa shape index (κ3) is 2.86. The SMILES string of the molecule is CC1(C)OB(c2ccccc2CCCO)OC1(C)C. The summed E-state index contributed by atoms with van der Waals surface area (Å²) < 4.78 is 12.2. The van der Waals surface area contributed by atoms with Gasteiger partial charge in [0, 0.05) is 6.61 Å². The van der Waals surface area contributed by atoms with Gasteiger partial charge in [0.2, 0.25) is 0 Å². The zero-order valence-electron chi connectivity index (χ0n) is 12.3. The lowest BCUT2D eigenvalue weighted by Crippen LogP contribution is -2.41. The first kappa shape index (κ1) is 14.6. The number of benzene rings is 1. The Morgan fingerprint density at radius 3 is 2.21 bits per heavy atom. The van der Waals surface area contributed by atoms with E-state index < -0.39 is 0 Å². The van der Waals surface area contributed by atoms with Crippen LogP contribution in [-0.2, 0) is 15.7 Å². The second-order valence-corrected chi connectivity index (χ2v) is 6.11. The fourth-order valence-electron chi connectivity index (χ4n) is 2.23.